The highest BCUT2D eigenvalue weighted by molar-refractivity contribution is 6.10. The molecule has 1 heteroatoms. The van der Waals surface area contributed by atoms with Crippen molar-refractivity contribution in [2.45, 2.75) is 44.9 Å². The Labute approximate surface area is 120 Å². The molecule has 2 aliphatic rings. The normalized spacial score (nSPS) is 18.0. The van der Waals surface area contributed by atoms with E-state index in [0.29, 0.717) is 11.7 Å². The van der Waals surface area contributed by atoms with E-state index in [9.17, 15) is 4.79 Å². The molecule has 0 saturated heterocycles. The number of hydrogen-bond donors (Lipinski definition) is 0. The standard InChI is InChI=1S/C19H20O/c20-18(12-13-4-1-2-5-13)16-11-10-15-9-8-14-6-3-7-17(16)19(14)15/h3,6-7,10-11,13H,1-2,4-5,8-9,12H2. The number of carbonyl (C=O) groups excluding carboxylic acids is 1. The van der Waals surface area contributed by atoms with Crippen molar-refractivity contribution in [3.8, 4) is 0 Å². The van der Waals surface area contributed by atoms with E-state index in [2.05, 4.69) is 30.3 Å². The first-order chi connectivity index (χ1) is 9.83. The Kier molecular flexibility index (Phi) is 2.87. The van der Waals surface area contributed by atoms with Gasteiger partial charge in [0.1, 0.15) is 0 Å². The summed E-state index contributed by atoms with van der Waals surface area (Å²) in [5.41, 5.74) is 3.81. The summed E-state index contributed by atoms with van der Waals surface area (Å²) in [6.07, 6.45) is 8.11. The fourth-order valence-corrected chi connectivity index (χ4v) is 4.08. The molecule has 0 heterocycles. The maximum Gasteiger partial charge on any atom is 0.163 e. The fourth-order valence-electron chi connectivity index (χ4n) is 4.08. The van der Waals surface area contributed by atoms with Gasteiger partial charge in [0.25, 0.3) is 0 Å². The van der Waals surface area contributed by atoms with Crippen molar-refractivity contribution >= 4 is 16.6 Å². The van der Waals surface area contributed by atoms with Crippen LogP contribution in [0.4, 0.5) is 0 Å². The van der Waals surface area contributed by atoms with Gasteiger partial charge in [0.2, 0.25) is 0 Å². The lowest BCUT2D eigenvalue weighted by atomic mass is 9.92. The van der Waals surface area contributed by atoms with E-state index in [1.54, 1.807) is 0 Å². The Morgan fingerprint density at radius 3 is 2.55 bits per heavy atom. The first-order valence-corrected chi connectivity index (χ1v) is 7.89. The zero-order valence-corrected chi connectivity index (χ0v) is 11.8. The van der Waals surface area contributed by atoms with Crippen LogP contribution in [0.2, 0.25) is 0 Å². The molecule has 1 nitrogen and oxygen atoms in total. The molecule has 1 saturated carbocycles. The number of aryl methyl sites for hydroxylation is 2. The highest BCUT2D eigenvalue weighted by Gasteiger charge is 2.22. The van der Waals surface area contributed by atoms with Gasteiger partial charge < -0.3 is 0 Å². The maximum atomic E-state index is 12.7. The van der Waals surface area contributed by atoms with Crippen LogP contribution in [0, 0.1) is 5.92 Å². The van der Waals surface area contributed by atoms with Crippen molar-refractivity contribution < 1.29 is 4.79 Å². The van der Waals surface area contributed by atoms with Crippen LogP contribution in [0.1, 0.15) is 53.6 Å². The Bertz CT molecular complexity index is 667. The molecule has 0 aromatic heterocycles. The van der Waals surface area contributed by atoms with Gasteiger partial charge in [-0.05, 0) is 40.7 Å². The van der Waals surface area contributed by atoms with E-state index in [0.717, 1.165) is 24.8 Å². The second-order valence-electron chi connectivity index (χ2n) is 6.39. The van der Waals surface area contributed by atoms with Gasteiger partial charge in [0.05, 0.1) is 0 Å². The lowest BCUT2D eigenvalue weighted by Crippen LogP contribution is -2.06. The van der Waals surface area contributed by atoms with Gasteiger partial charge in [0.15, 0.2) is 5.78 Å². The minimum absolute atomic E-state index is 0.354. The molecule has 4 rings (SSSR count). The second kappa shape index (κ2) is 4.73. The second-order valence-corrected chi connectivity index (χ2v) is 6.39. The van der Waals surface area contributed by atoms with Crippen LogP contribution in [0.5, 0.6) is 0 Å². The molecule has 102 valence electrons. The van der Waals surface area contributed by atoms with Gasteiger partial charge in [-0.25, -0.2) is 0 Å². The molecule has 0 unspecified atom stereocenters. The first kappa shape index (κ1) is 12.1. The van der Waals surface area contributed by atoms with Gasteiger partial charge >= 0.3 is 0 Å². The van der Waals surface area contributed by atoms with Crippen molar-refractivity contribution in [1.29, 1.82) is 0 Å². The lowest BCUT2D eigenvalue weighted by Gasteiger charge is -2.11. The van der Waals surface area contributed by atoms with Crippen LogP contribution in [0.3, 0.4) is 0 Å². The van der Waals surface area contributed by atoms with Crippen molar-refractivity contribution in [3.05, 3.63) is 47.0 Å². The molecule has 0 N–H and O–H groups in total. The molecule has 0 spiro atoms. The number of benzene rings is 2. The van der Waals surface area contributed by atoms with Gasteiger partial charge in [0, 0.05) is 12.0 Å². The van der Waals surface area contributed by atoms with E-state index >= 15 is 0 Å². The summed E-state index contributed by atoms with van der Waals surface area (Å²) in [5.74, 6) is 0.984. The highest BCUT2D eigenvalue weighted by atomic mass is 16.1. The van der Waals surface area contributed by atoms with Gasteiger partial charge in [-0.15, -0.1) is 0 Å². The quantitative estimate of drug-likeness (QED) is 0.734. The topological polar surface area (TPSA) is 17.1 Å². The minimum Gasteiger partial charge on any atom is -0.294 e. The monoisotopic (exact) mass is 264 g/mol. The van der Waals surface area contributed by atoms with Crippen molar-refractivity contribution in [3.63, 3.8) is 0 Å². The molecule has 20 heavy (non-hydrogen) atoms. The summed E-state index contributed by atoms with van der Waals surface area (Å²) in [5, 5.41) is 2.56. The van der Waals surface area contributed by atoms with Crippen molar-refractivity contribution in [2.75, 3.05) is 0 Å². The third-order valence-corrected chi connectivity index (χ3v) is 5.13. The number of rotatable bonds is 3. The first-order valence-electron chi connectivity index (χ1n) is 7.89. The van der Waals surface area contributed by atoms with Crippen LogP contribution in [-0.2, 0) is 12.8 Å². The SMILES string of the molecule is O=C(CC1CCCC1)c1ccc2c3c(cccc13)CC2. The van der Waals surface area contributed by atoms with E-state index in [4.69, 9.17) is 0 Å². The predicted octanol–water partition coefficient (Wildman–Crippen LogP) is 4.70. The van der Waals surface area contributed by atoms with Gasteiger partial charge in [-0.2, -0.15) is 0 Å². The highest BCUT2D eigenvalue weighted by Crippen LogP contribution is 2.35. The average molecular weight is 264 g/mol. The molecular formula is C19H20O. The zero-order chi connectivity index (χ0) is 13.5. The maximum absolute atomic E-state index is 12.7. The Hall–Kier alpha value is -1.63. The zero-order valence-electron chi connectivity index (χ0n) is 11.8. The van der Waals surface area contributed by atoms with Gasteiger partial charge in [-0.3, -0.25) is 4.79 Å². The third-order valence-electron chi connectivity index (χ3n) is 5.13. The molecule has 0 aliphatic heterocycles. The molecule has 2 aromatic carbocycles. The van der Waals surface area contributed by atoms with Crippen LogP contribution < -0.4 is 0 Å². The average Bonchev–Trinajstić information content (AvgIpc) is 3.10. The van der Waals surface area contributed by atoms with E-state index in [-0.39, 0.29) is 0 Å². The molecule has 0 amide bonds. The number of ketones is 1. The van der Waals surface area contributed by atoms with Crippen LogP contribution in [0.25, 0.3) is 10.8 Å². The largest absolute Gasteiger partial charge is 0.294 e. The van der Waals surface area contributed by atoms with Crippen LogP contribution in [-0.4, -0.2) is 5.78 Å². The Balaban J connectivity index is 1.75. The molecule has 2 aromatic rings. The number of hydrogen-bond acceptors (Lipinski definition) is 1. The molecule has 0 bridgehead atoms. The summed E-state index contributed by atoms with van der Waals surface area (Å²) in [7, 11) is 0. The van der Waals surface area contributed by atoms with Crippen molar-refractivity contribution in [1.82, 2.24) is 0 Å². The molecule has 1 fully saturated rings. The Morgan fingerprint density at radius 2 is 1.75 bits per heavy atom. The van der Waals surface area contributed by atoms with E-state index < -0.39 is 0 Å². The number of Topliss-reactive ketones (excluding diaryl/α,β-unsaturated/α-hetero) is 1. The molecule has 0 radical (unpaired) electrons. The summed E-state index contributed by atoms with van der Waals surface area (Å²) in [4.78, 5) is 12.7. The third kappa shape index (κ3) is 1.88. The van der Waals surface area contributed by atoms with E-state index in [1.165, 1.54) is 47.6 Å². The summed E-state index contributed by atoms with van der Waals surface area (Å²) >= 11 is 0. The van der Waals surface area contributed by atoms with Crippen LogP contribution >= 0.6 is 0 Å². The van der Waals surface area contributed by atoms with Crippen LogP contribution in [0.15, 0.2) is 30.3 Å². The summed E-state index contributed by atoms with van der Waals surface area (Å²) in [6, 6.07) is 10.7. The van der Waals surface area contributed by atoms with Gasteiger partial charge in [-0.1, -0.05) is 56.0 Å². The molecule has 0 atom stereocenters. The Morgan fingerprint density at radius 1 is 1.00 bits per heavy atom. The predicted molar refractivity (Wildman–Crippen MR) is 82.3 cm³/mol. The minimum atomic E-state index is 0.354. The molecular weight excluding hydrogens is 244 g/mol. The van der Waals surface area contributed by atoms with Crippen molar-refractivity contribution in [2.24, 2.45) is 5.92 Å². The number of carbonyl (C=O) groups is 1. The summed E-state index contributed by atoms with van der Waals surface area (Å²) < 4.78 is 0. The smallest absolute Gasteiger partial charge is 0.163 e. The fraction of sp³-hybridized carbons (Fsp3) is 0.421. The summed E-state index contributed by atoms with van der Waals surface area (Å²) in [6.45, 7) is 0. The molecule has 2 aliphatic carbocycles. The lowest BCUT2D eigenvalue weighted by molar-refractivity contribution is 0.0964. The van der Waals surface area contributed by atoms with E-state index in [1.807, 2.05) is 0 Å².